The predicted octanol–water partition coefficient (Wildman–Crippen LogP) is 3.67. The standard InChI is InChI=1S/C13H13ClNO3P/c1-2-17-19(16,11-7-4-3-5-8-11)18-13-10-6-9-12(14)15-13/h3-10H,2H2,1H3. The third-order valence-electron chi connectivity index (χ3n) is 2.27. The van der Waals surface area contributed by atoms with Gasteiger partial charge in [0.15, 0.2) is 0 Å². The summed E-state index contributed by atoms with van der Waals surface area (Å²) in [6.07, 6.45) is 0. The highest BCUT2D eigenvalue weighted by atomic mass is 35.5. The van der Waals surface area contributed by atoms with Gasteiger partial charge in [-0.25, -0.2) is 9.55 Å². The molecular formula is C13H13ClNO3P. The fourth-order valence-corrected chi connectivity index (χ4v) is 3.19. The molecule has 1 atom stereocenters. The first kappa shape index (κ1) is 14.1. The van der Waals surface area contributed by atoms with E-state index in [9.17, 15) is 4.57 Å². The van der Waals surface area contributed by atoms with Gasteiger partial charge in [0.05, 0.1) is 11.9 Å². The topological polar surface area (TPSA) is 48.4 Å². The predicted molar refractivity (Wildman–Crippen MR) is 75.2 cm³/mol. The molecule has 100 valence electrons. The molecule has 1 heterocycles. The average molecular weight is 298 g/mol. The van der Waals surface area contributed by atoms with Gasteiger partial charge >= 0.3 is 7.60 Å². The number of benzene rings is 1. The van der Waals surface area contributed by atoms with Crippen molar-refractivity contribution < 1.29 is 13.6 Å². The minimum Gasteiger partial charge on any atom is -0.403 e. The maximum Gasteiger partial charge on any atom is 0.411 e. The zero-order valence-corrected chi connectivity index (χ0v) is 12.0. The summed E-state index contributed by atoms with van der Waals surface area (Å²) in [5.74, 6) is 0.174. The summed E-state index contributed by atoms with van der Waals surface area (Å²) in [6.45, 7) is 2.02. The molecule has 4 nitrogen and oxygen atoms in total. The number of hydrogen-bond donors (Lipinski definition) is 0. The van der Waals surface area contributed by atoms with E-state index in [1.165, 1.54) is 0 Å². The molecule has 0 aliphatic heterocycles. The van der Waals surface area contributed by atoms with Crippen LogP contribution in [0.4, 0.5) is 0 Å². The van der Waals surface area contributed by atoms with Gasteiger partial charge in [0.2, 0.25) is 5.88 Å². The lowest BCUT2D eigenvalue weighted by Crippen LogP contribution is -2.12. The zero-order chi connectivity index (χ0) is 13.7. The molecule has 0 aliphatic rings. The lowest BCUT2D eigenvalue weighted by atomic mass is 10.4. The third kappa shape index (κ3) is 3.57. The molecule has 2 aromatic rings. The Kier molecular flexibility index (Phi) is 4.59. The Morgan fingerprint density at radius 1 is 1.16 bits per heavy atom. The first-order valence-corrected chi connectivity index (χ1v) is 7.68. The van der Waals surface area contributed by atoms with Crippen LogP contribution in [0.1, 0.15) is 6.92 Å². The first-order chi connectivity index (χ1) is 9.14. The van der Waals surface area contributed by atoms with E-state index >= 15 is 0 Å². The summed E-state index contributed by atoms with van der Waals surface area (Å²) in [6, 6.07) is 13.6. The van der Waals surface area contributed by atoms with Crippen molar-refractivity contribution in [1.82, 2.24) is 4.98 Å². The Bertz CT molecular complexity index is 591. The van der Waals surface area contributed by atoms with Gasteiger partial charge in [0.25, 0.3) is 0 Å². The van der Waals surface area contributed by atoms with Gasteiger partial charge in [-0.15, -0.1) is 0 Å². The van der Waals surface area contributed by atoms with E-state index in [4.69, 9.17) is 20.6 Å². The third-order valence-corrected chi connectivity index (χ3v) is 4.44. The van der Waals surface area contributed by atoms with Crippen molar-refractivity contribution in [2.45, 2.75) is 6.92 Å². The lowest BCUT2D eigenvalue weighted by molar-refractivity contribution is 0.286. The van der Waals surface area contributed by atoms with Crippen LogP contribution in [0.15, 0.2) is 48.5 Å². The second kappa shape index (κ2) is 6.20. The van der Waals surface area contributed by atoms with Crippen LogP contribution in [0.2, 0.25) is 5.15 Å². The van der Waals surface area contributed by atoms with Gasteiger partial charge < -0.3 is 4.52 Å². The van der Waals surface area contributed by atoms with Gasteiger partial charge in [-0.2, -0.15) is 0 Å². The fraction of sp³-hybridized carbons (Fsp3) is 0.154. The molecule has 1 unspecified atom stereocenters. The molecule has 2 rings (SSSR count). The Morgan fingerprint density at radius 3 is 2.53 bits per heavy atom. The van der Waals surface area contributed by atoms with Crippen LogP contribution in [0.25, 0.3) is 0 Å². The minimum atomic E-state index is -3.43. The number of nitrogens with zero attached hydrogens (tertiary/aromatic N) is 1. The van der Waals surface area contributed by atoms with Crippen LogP contribution in [-0.2, 0) is 9.09 Å². The molecule has 0 aliphatic carbocycles. The maximum atomic E-state index is 12.8. The van der Waals surface area contributed by atoms with Crippen LogP contribution >= 0.6 is 19.2 Å². The van der Waals surface area contributed by atoms with Crippen LogP contribution in [0.5, 0.6) is 5.88 Å². The summed E-state index contributed by atoms with van der Waals surface area (Å²) < 4.78 is 23.5. The Morgan fingerprint density at radius 2 is 1.89 bits per heavy atom. The first-order valence-electron chi connectivity index (χ1n) is 5.76. The van der Waals surface area contributed by atoms with Gasteiger partial charge in [-0.05, 0) is 25.1 Å². The SMILES string of the molecule is CCOP(=O)(Oc1cccc(Cl)n1)c1ccccc1. The molecule has 1 aromatic heterocycles. The normalized spacial score (nSPS) is 13.8. The van der Waals surface area contributed by atoms with E-state index in [-0.39, 0.29) is 17.6 Å². The molecule has 0 saturated heterocycles. The monoisotopic (exact) mass is 297 g/mol. The summed E-state index contributed by atoms with van der Waals surface area (Å²) in [7, 11) is -3.43. The van der Waals surface area contributed by atoms with E-state index in [1.807, 2.05) is 6.07 Å². The van der Waals surface area contributed by atoms with E-state index in [0.29, 0.717) is 5.30 Å². The average Bonchev–Trinajstić information content (AvgIpc) is 2.40. The van der Waals surface area contributed by atoms with E-state index < -0.39 is 7.60 Å². The summed E-state index contributed by atoms with van der Waals surface area (Å²) in [4.78, 5) is 3.96. The molecule has 0 N–H and O–H groups in total. The number of rotatable bonds is 5. The molecule has 0 amide bonds. The smallest absolute Gasteiger partial charge is 0.403 e. The number of aromatic nitrogens is 1. The van der Waals surface area contributed by atoms with Crippen molar-refractivity contribution >= 4 is 24.5 Å². The molecule has 19 heavy (non-hydrogen) atoms. The molecule has 1 aromatic carbocycles. The largest absolute Gasteiger partial charge is 0.411 e. The highest BCUT2D eigenvalue weighted by Gasteiger charge is 2.29. The molecule has 0 spiro atoms. The van der Waals surface area contributed by atoms with Gasteiger partial charge in [0, 0.05) is 6.07 Å². The highest BCUT2D eigenvalue weighted by Crippen LogP contribution is 2.46. The van der Waals surface area contributed by atoms with E-state index in [1.54, 1.807) is 49.4 Å². The second-order valence-corrected chi connectivity index (χ2v) is 5.98. The van der Waals surface area contributed by atoms with Gasteiger partial charge in [-0.1, -0.05) is 35.9 Å². The minimum absolute atomic E-state index is 0.174. The summed E-state index contributed by atoms with van der Waals surface area (Å²) in [5.41, 5.74) is 0. The zero-order valence-electron chi connectivity index (χ0n) is 10.3. The molecule has 0 fully saturated rings. The lowest BCUT2D eigenvalue weighted by Gasteiger charge is -2.18. The Balaban J connectivity index is 2.33. The Labute approximate surface area is 116 Å². The highest BCUT2D eigenvalue weighted by molar-refractivity contribution is 7.62. The van der Waals surface area contributed by atoms with E-state index in [0.717, 1.165) is 0 Å². The molecule has 0 radical (unpaired) electrons. The van der Waals surface area contributed by atoms with Crippen molar-refractivity contribution in [3.8, 4) is 5.88 Å². The molecular weight excluding hydrogens is 285 g/mol. The number of hydrogen-bond acceptors (Lipinski definition) is 4. The molecule has 6 heteroatoms. The van der Waals surface area contributed by atoms with Crippen molar-refractivity contribution in [2.24, 2.45) is 0 Å². The van der Waals surface area contributed by atoms with Crippen LogP contribution in [-0.4, -0.2) is 11.6 Å². The van der Waals surface area contributed by atoms with Crippen LogP contribution in [0, 0.1) is 0 Å². The fourth-order valence-electron chi connectivity index (χ4n) is 1.50. The van der Waals surface area contributed by atoms with Crippen molar-refractivity contribution in [2.75, 3.05) is 6.61 Å². The van der Waals surface area contributed by atoms with Crippen molar-refractivity contribution in [3.05, 3.63) is 53.7 Å². The van der Waals surface area contributed by atoms with Crippen LogP contribution < -0.4 is 9.83 Å². The van der Waals surface area contributed by atoms with Gasteiger partial charge in [-0.3, -0.25) is 4.52 Å². The van der Waals surface area contributed by atoms with Gasteiger partial charge in [0.1, 0.15) is 5.15 Å². The van der Waals surface area contributed by atoms with Crippen molar-refractivity contribution in [3.63, 3.8) is 0 Å². The molecule has 0 saturated carbocycles. The quantitative estimate of drug-likeness (QED) is 0.624. The van der Waals surface area contributed by atoms with Crippen LogP contribution in [0.3, 0.4) is 0 Å². The van der Waals surface area contributed by atoms with E-state index in [2.05, 4.69) is 4.98 Å². The second-order valence-electron chi connectivity index (χ2n) is 3.64. The number of pyridine rings is 1. The Hall–Kier alpha value is -1.35. The number of halogens is 1. The maximum absolute atomic E-state index is 12.8. The van der Waals surface area contributed by atoms with Crippen molar-refractivity contribution in [1.29, 1.82) is 0 Å². The molecule has 0 bridgehead atoms. The summed E-state index contributed by atoms with van der Waals surface area (Å²) >= 11 is 5.78. The summed E-state index contributed by atoms with van der Waals surface area (Å²) in [5, 5.41) is 0.757.